The third-order valence-electron chi connectivity index (χ3n) is 8.17. The van der Waals surface area contributed by atoms with E-state index in [9.17, 15) is 9.59 Å². The van der Waals surface area contributed by atoms with E-state index in [0.29, 0.717) is 17.9 Å². The van der Waals surface area contributed by atoms with Crippen molar-refractivity contribution < 1.29 is 19.1 Å². The lowest BCUT2D eigenvalue weighted by Crippen LogP contribution is -2.42. The molecule has 7 rings (SSSR count). The van der Waals surface area contributed by atoms with Gasteiger partial charge in [0.05, 0.1) is 13.2 Å². The van der Waals surface area contributed by atoms with Crippen LogP contribution in [0.25, 0.3) is 0 Å². The van der Waals surface area contributed by atoms with Crippen LogP contribution in [0, 0.1) is 0 Å². The summed E-state index contributed by atoms with van der Waals surface area (Å²) in [5, 5.41) is 3.02. The van der Waals surface area contributed by atoms with E-state index in [-0.39, 0.29) is 25.0 Å². The maximum atomic E-state index is 14.4. The van der Waals surface area contributed by atoms with Gasteiger partial charge in [0, 0.05) is 35.0 Å². The van der Waals surface area contributed by atoms with E-state index in [1.165, 1.54) is 5.56 Å². The first-order valence-electron chi connectivity index (χ1n) is 13.4. The molecule has 0 radical (unpaired) electrons. The fraction of sp³-hybridized carbons (Fsp3) is 0.212. The van der Waals surface area contributed by atoms with Crippen LogP contribution in [0.1, 0.15) is 45.1 Å². The molecule has 0 aliphatic carbocycles. The van der Waals surface area contributed by atoms with Crippen LogP contribution in [-0.4, -0.2) is 25.0 Å². The molecule has 1 N–H and O–H groups in total. The number of carbonyl (C=O) groups is 2. The summed E-state index contributed by atoms with van der Waals surface area (Å²) in [4.78, 5) is 29.6. The average molecular weight is 517 g/mol. The van der Waals surface area contributed by atoms with Crippen LogP contribution in [0.2, 0.25) is 0 Å². The normalized spacial score (nSPS) is 18.4. The highest BCUT2D eigenvalue weighted by molar-refractivity contribution is 6.12. The highest BCUT2D eigenvalue weighted by Crippen LogP contribution is 2.54. The quantitative estimate of drug-likeness (QED) is 0.372. The molecule has 4 aromatic rings. The second kappa shape index (κ2) is 9.02. The Kier molecular flexibility index (Phi) is 5.44. The molecule has 0 aromatic heterocycles. The lowest BCUT2D eigenvalue weighted by atomic mass is 9.76. The van der Waals surface area contributed by atoms with Gasteiger partial charge in [0.2, 0.25) is 5.91 Å². The van der Waals surface area contributed by atoms with Gasteiger partial charge in [-0.15, -0.1) is 0 Å². The van der Waals surface area contributed by atoms with Crippen LogP contribution in [0.5, 0.6) is 11.5 Å². The topological polar surface area (TPSA) is 67.9 Å². The standard InChI is InChI=1S/C33H28N2O4/c1-2-21-11-13-24(14-12-21)34-31(36)25-8-4-3-7-23(25)19-35-28-10-6-5-9-26(28)33(32(35)37)20-39-30-18-29-22(15-16-38-29)17-27(30)33/h3-14,17-18H,2,15-16,19-20H2,1H3,(H,34,36). The zero-order chi connectivity index (χ0) is 26.6. The van der Waals surface area contributed by atoms with Crippen molar-refractivity contribution >= 4 is 23.2 Å². The van der Waals surface area contributed by atoms with E-state index in [1.807, 2.05) is 78.9 Å². The Labute approximate surface area is 227 Å². The number of nitrogens with one attached hydrogen (secondary N) is 1. The number of hydrogen-bond acceptors (Lipinski definition) is 4. The summed E-state index contributed by atoms with van der Waals surface area (Å²) >= 11 is 0. The lowest BCUT2D eigenvalue weighted by Gasteiger charge is -2.24. The van der Waals surface area contributed by atoms with E-state index in [4.69, 9.17) is 9.47 Å². The number of anilines is 2. The number of ether oxygens (including phenoxy) is 2. The molecule has 1 spiro atoms. The van der Waals surface area contributed by atoms with Crippen molar-refractivity contribution in [2.24, 2.45) is 0 Å². The van der Waals surface area contributed by atoms with Gasteiger partial charge in [-0.2, -0.15) is 0 Å². The molecule has 2 amide bonds. The monoisotopic (exact) mass is 516 g/mol. The molecular formula is C33H28N2O4. The summed E-state index contributed by atoms with van der Waals surface area (Å²) < 4.78 is 11.9. The summed E-state index contributed by atoms with van der Waals surface area (Å²) in [5.74, 6) is 1.31. The van der Waals surface area contributed by atoms with Gasteiger partial charge in [-0.25, -0.2) is 0 Å². The van der Waals surface area contributed by atoms with E-state index >= 15 is 0 Å². The van der Waals surface area contributed by atoms with Crippen LogP contribution >= 0.6 is 0 Å². The fourth-order valence-corrected chi connectivity index (χ4v) is 6.08. The second-order valence-electron chi connectivity index (χ2n) is 10.3. The predicted molar refractivity (Wildman–Crippen MR) is 150 cm³/mol. The van der Waals surface area contributed by atoms with Crippen molar-refractivity contribution in [3.8, 4) is 11.5 Å². The van der Waals surface area contributed by atoms with Crippen molar-refractivity contribution in [1.29, 1.82) is 0 Å². The maximum Gasteiger partial charge on any atom is 0.256 e. The molecule has 39 heavy (non-hydrogen) atoms. The van der Waals surface area contributed by atoms with Crippen LogP contribution < -0.4 is 19.7 Å². The molecule has 0 fully saturated rings. The smallest absolute Gasteiger partial charge is 0.256 e. The third kappa shape index (κ3) is 3.62. The SMILES string of the molecule is CCc1ccc(NC(=O)c2ccccc2CN2C(=O)C3(COc4cc5c(cc43)CCO5)c3ccccc32)cc1. The lowest BCUT2D eigenvalue weighted by molar-refractivity contribution is -0.122. The van der Waals surface area contributed by atoms with Gasteiger partial charge in [0.25, 0.3) is 5.91 Å². The molecule has 0 saturated heterocycles. The number of rotatable bonds is 5. The van der Waals surface area contributed by atoms with Gasteiger partial charge < -0.3 is 19.7 Å². The van der Waals surface area contributed by atoms with Crippen LogP contribution in [-0.2, 0) is 29.6 Å². The highest BCUT2D eigenvalue weighted by Gasteiger charge is 2.57. The van der Waals surface area contributed by atoms with Crippen molar-refractivity contribution in [3.05, 3.63) is 118 Å². The summed E-state index contributed by atoms with van der Waals surface area (Å²) in [6.07, 6.45) is 1.76. The molecule has 3 aliphatic heterocycles. The van der Waals surface area contributed by atoms with Gasteiger partial charge >= 0.3 is 0 Å². The van der Waals surface area contributed by atoms with Gasteiger partial charge in [-0.05, 0) is 59.0 Å². The molecule has 6 nitrogen and oxygen atoms in total. The Hall–Kier alpha value is -4.58. The number of hydrogen-bond donors (Lipinski definition) is 1. The van der Waals surface area contributed by atoms with Gasteiger partial charge in [0.1, 0.15) is 23.5 Å². The average Bonchev–Trinajstić information content (AvgIpc) is 3.65. The Morgan fingerprint density at radius 3 is 2.56 bits per heavy atom. The van der Waals surface area contributed by atoms with Crippen molar-refractivity contribution in [1.82, 2.24) is 0 Å². The summed E-state index contributed by atoms with van der Waals surface area (Å²) in [5.41, 5.74) is 6.15. The van der Waals surface area contributed by atoms with Gasteiger partial charge in [-0.1, -0.05) is 55.5 Å². The number of nitrogens with zero attached hydrogens (tertiary/aromatic N) is 1. The second-order valence-corrected chi connectivity index (χ2v) is 10.3. The third-order valence-corrected chi connectivity index (χ3v) is 8.17. The van der Waals surface area contributed by atoms with Crippen molar-refractivity contribution in [3.63, 3.8) is 0 Å². The van der Waals surface area contributed by atoms with Crippen LogP contribution in [0.4, 0.5) is 11.4 Å². The largest absolute Gasteiger partial charge is 0.493 e. The fourth-order valence-electron chi connectivity index (χ4n) is 6.08. The molecule has 3 heterocycles. The summed E-state index contributed by atoms with van der Waals surface area (Å²) in [6.45, 7) is 3.26. The highest BCUT2D eigenvalue weighted by atomic mass is 16.5. The molecule has 0 bridgehead atoms. The minimum atomic E-state index is -0.915. The Morgan fingerprint density at radius 2 is 1.72 bits per heavy atom. The number of benzene rings is 4. The van der Waals surface area contributed by atoms with E-state index in [0.717, 1.165) is 52.2 Å². The minimum absolute atomic E-state index is 0.0355. The zero-order valence-electron chi connectivity index (χ0n) is 21.7. The number of fused-ring (bicyclic) bond motifs is 5. The molecule has 194 valence electrons. The molecule has 1 atom stereocenters. The Balaban J connectivity index is 1.24. The van der Waals surface area contributed by atoms with Crippen LogP contribution in [0.3, 0.4) is 0 Å². The van der Waals surface area contributed by atoms with Crippen molar-refractivity contribution in [2.75, 3.05) is 23.4 Å². The number of para-hydroxylation sites is 1. The Bertz CT molecular complexity index is 1630. The minimum Gasteiger partial charge on any atom is -0.493 e. The maximum absolute atomic E-state index is 14.4. The molecule has 1 unspecified atom stereocenters. The summed E-state index contributed by atoms with van der Waals surface area (Å²) in [6, 6.07) is 27.3. The van der Waals surface area contributed by atoms with Gasteiger partial charge in [-0.3, -0.25) is 9.59 Å². The van der Waals surface area contributed by atoms with Crippen molar-refractivity contribution in [2.45, 2.75) is 31.7 Å². The van der Waals surface area contributed by atoms with Crippen LogP contribution in [0.15, 0.2) is 84.9 Å². The van der Waals surface area contributed by atoms with Gasteiger partial charge in [0.15, 0.2) is 0 Å². The molecule has 0 saturated carbocycles. The molecule has 4 aromatic carbocycles. The van der Waals surface area contributed by atoms with E-state index in [1.54, 1.807) is 4.90 Å². The molecule has 6 heteroatoms. The first-order valence-corrected chi connectivity index (χ1v) is 13.4. The van der Waals surface area contributed by atoms with E-state index in [2.05, 4.69) is 18.3 Å². The van der Waals surface area contributed by atoms with E-state index < -0.39 is 5.41 Å². The number of amides is 2. The number of carbonyl (C=O) groups excluding carboxylic acids is 2. The zero-order valence-corrected chi connectivity index (χ0v) is 21.7. The predicted octanol–water partition coefficient (Wildman–Crippen LogP) is 5.66. The summed E-state index contributed by atoms with van der Waals surface area (Å²) in [7, 11) is 0. The number of aryl methyl sites for hydroxylation is 1. The first kappa shape index (κ1) is 23.5. The Morgan fingerprint density at radius 1 is 0.923 bits per heavy atom. The first-order chi connectivity index (χ1) is 19.1. The molecule has 3 aliphatic rings. The molecular weight excluding hydrogens is 488 g/mol.